The van der Waals surface area contributed by atoms with Crippen molar-refractivity contribution in [1.82, 2.24) is 4.98 Å². The first-order valence-electron chi connectivity index (χ1n) is 8.79. The van der Waals surface area contributed by atoms with Crippen LogP contribution >= 0.6 is 0 Å². The van der Waals surface area contributed by atoms with E-state index in [1.807, 2.05) is 25.1 Å². The number of carbonyl (C=O) groups excluding carboxylic acids is 1. The maximum Gasteiger partial charge on any atom is 0.233 e. The summed E-state index contributed by atoms with van der Waals surface area (Å²) in [7, 11) is -3.47. The Morgan fingerprint density at radius 2 is 2.08 bits per heavy atom. The highest BCUT2D eigenvalue weighted by Crippen LogP contribution is 2.58. The predicted octanol–water partition coefficient (Wildman–Crippen LogP) is 3.47. The molecule has 0 aliphatic heterocycles. The molecular weight excluding hydrogens is 336 g/mol. The molecule has 2 aromatic rings. The zero-order chi connectivity index (χ0) is 18.0. The van der Waals surface area contributed by atoms with Gasteiger partial charge in [-0.05, 0) is 48.8 Å². The standard InChI is InChI=1S/C19H24N2O3S/c1-11-7-13-16(20-11)5-4-6-17(13)21-25(23,24)10-12-8-15-18(22)9-14(12)19(15,2)3/h4-7,12,14-15,20-21H,8-10H2,1-3H3/t12?,14?,15-/m0/s1. The van der Waals surface area contributed by atoms with Crippen LogP contribution in [-0.2, 0) is 14.8 Å². The minimum absolute atomic E-state index is 0.0217. The molecule has 4 rings (SSSR count). The van der Waals surface area contributed by atoms with Crippen LogP contribution in [0.15, 0.2) is 24.3 Å². The Morgan fingerprint density at radius 3 is 2.72 bits per heavy atom. The first kappa shape index (κ1) is 16.6. The van der Waals surface area contributed by atoms with Crippen LogP contribution in [0.25, 0.3) is 10.9 Å². The maximum absolute atomic E-state index is 12.8. The third kappa shape index (κ3) is 2.67. The highest BCUT2D eigenvalue weighted by atomic mass is 32.2. The molecule has 6 heteroatoms. The van der Waals surface area contributed by atoms with Crippen LogP contribution in [-0.4, -0.2) is 24.9 Å². The molecule has 2 bridgehead atoms. The van der Waals surface area contributed by atoms with Gasteiger partial charge in [-0.25, -0.2) is 8.42 Å². The average molecular weight is 360 g/mol. The average Bonchev–Trinajstić information content (AvgIpc) is 3.06. The Bertz CT molecular complexity index is 958. The molecule has 134 valence electrons. The Kier molecular flexibility index (Phi) is 3.55. The molecule has 1 aromatic carbocycles. The number of aromatic nitrogens is 1. The van der Waals surface area contributed by atoms with Gasteiger partial charge in [-0.2, -0.15) is 0 Å². The number of nitrogens with one attached hydrogen (secondary N) is 2. The molecule has 0 radical (unpaired) electrons. The van der Waals surface area contributed by atoms with Crippen LogP contribution in [0.5, 0.6) is 0 Å². The van der Waals surface area contributed by atoms with Crippen molar-refractivity contribution in [2.75, 3.05) is 10.5 Å². The molecule has 2 unspecified atom stereocenters. The van der Waals surface area contributed by atoms with Gasteiger partial charge in [0.05, 0.1) is 11.4 Å². The van der Waals surface area contributed by atoms with Crippen molar-refractivity contribution in [2.24, 2.45) is 23.2 Å². The SMILES string of the molecule is Cc1cc2c(NS(=O)(=O)CC3C[C@H]4C(=O)CC3C4(C)C)cccc2[nH]1. The lowest BCUT2D eigenvalue weighted by Crippen LogP contribution is -2.28. The number of aryl methyl sites for hydroxylation is 1. The molecule has 0 spiro atoms. The zero-order valence-corrected chi connectivity index (χ0v) is 15.6. The van der Waals surface area contributed by atoms with Gasteiger partial charge in [-0.1, -0.05) is 19.9 Å². The van der Waals surface area contributed by atoms with E-state index in [1.165, 1.54) is 0 Å². The molecule has 2 saturated carbocycles. The van der Waals surface area contributed by atoms with Crippen molar-refractivity contribution in [2.45, 2.75) is 33.6 Å². The fourth-order valence-corrected chi connectivity index (χ4v) is 6.56. The molecule has 5 nitrogen and oxygen atoms in total. The van der Waals surface area contributed by atoms with Crippen LogP contribution in [0.4, 0.5) is 5.69 Å². The monoisotopic (exact) mass is 360 g/mol. The molecular formula is C19H24N2O3S. The van der Waals surface area contributed by atoms with E-state index < -0.39 is 10.0 Å². The molecule has 0 saturated heterocycles. The summed E-state index contributed by atoms with van der Waals surface area (Å²) in [6, 6.07) is 7.52. The van der Waals surface area contributed by atoms with E-state index in [-0.39, 0.29) is 28.9 Å². The number of Topliss-reactive ketones (excluding diaryl/α,β-unsaturated/α-hetero) is 1. The third-order valence-electron chi connectivity index (χ3n) is 6.27. The normalized spacial score (nSPS) is 28.0. The molecule has 2 N–H and O–H groups in total. The highest BCUT2D eigenvalue weighted by molar-refractivity contribution is 7.92. The lowest BCUT2D eigenvalue weighted by atomic mass is 9.80. The summed E-state index contributed by atoms with van der Waals surface area (Å²) < 4.78 is 28.3. The summed E-state index contributed by atoms with van der Waals surface area (Å²) in [6.07, 6.45) is 1.23. The first-order valence-corrected chi connectivity index (χ1v) is 10.4. The number of sulfonamides is 1. The lowest BCUT2D eigenvalue weighted by molar-refractivity contribution is -0.122. The topological polar surface area (TPSA) is 79.0 Å². The van der Waals surface area contributed by atoms with Crippen molar-refractivity contribution < 1.29 is 13.2 Å². The van der Waals surface area contributed by atoms with Crippen LogP contribution in [0.1, 0.15) is 32.4 Å². The summed E-state index contributed by atoms with van der Waals surface area (Å²) in [4.78, 5) is 15.3. The number of aromatic amines is 1. The van der Waals surface area contributed by atoms with Gasteiger partial charge < -0.3 is 4.98 Å². The van der Waals surface area contributed by atoms with Crippen molar-refractivity contribution >= 4 is 32.4 Å². The second kappa shape index (κ2) is 5.34. The van der Waals surface area contributed by atoms with E-state index >= 15 is 0 Å². The Labute approximate surface area is 148 Å². The van der Waals surface area contributed by atoms with Gasteiger partial charge in [0.15, 0.2) is 0 Å². The van der Waals surface area contributed by atoms with Crippen LogP contribution in [0.3, 0.4) is 0 Å². The van der Waals surface area contributed by atoms with Gasteiger partial charge in [0, 0.05) is 28.9 Å². The summed E-state index contributed by atoms with van der Waals surface area (Å²) in [5.41, 5.74) is 2.45. The van der Waals surface area contributed by atoms with Crippen LogP contribution in [0.2, 0.25) is 0 Å². The molecule has 3 atom stereocenters. The van der Waals surface area contributed by atoms with E-state index in [0.717, 1.165) is 16.6 Å². The minimum atomic E-state index is -3.47. The van der Waals surface area contributed by atoms with Gasteiger partial charge >= 0.3 is 0 Å². The molecule has 0 amide bonds. The lowest BCUT2D eigenvalue weighted by Gasteiger charge is -2.25. The highest BCUT2D eigenvalue weighted by Gasteiger charge is 2.58. The van der Waals surface area contributed by atoms with Crippen molar-refractivity contribution in [1.29, 1.82) is 0 Å². The number of benzene rings is 1. The van der Waals surface area contributed by atoms with Gasteiger partial charge in [0.1, 0.15) is 5.78 Å². The summed E-state index contributed by atoms with van der Waals surface area (Å²) in [6.45, 7) is 6.17. The number of carbonyl (C=O) groups is 1. The molecule has 2 fully saturated rings. The summed E-state index contributed by atoms with van der Waals surface area (Å²) in [5.74, 6) is 0.650. The van der Waals surface area contributed by atoms with E-state index in [4.69, 9.17) is 0 Å². The van der Waals surface area contributed by atoms with Gasteiger partial charge in [0.2, 0.25) is 10.0 Å². The Morgan fingerprint density at radius 1 is 1.32 bits per heavy atom. The second-order valence-corrected chi connectivity index (χ2v) is 10.0. The van der Waals surface area contributed by atoms with Gasteiger partial charge in [-0.15, -0.1) is 0 Å². The summed E-state index contributed by atoms with van der Waals surface area (Å²) in [5, 5.41) is 0.882. The van der Waals surface area contributed by atoms with E-state index in [2.05, 4.69) is 23.6 Å². The molecule has 1 heterocycles. The van der Waals surface area contributed by atoms with Crippen molar-refractivity contribution in [3.63, 3.8) is 0 Å². The number of fused-ring (bicyclic) bond motifs is 3. The van der Waals surface area contributed by atoms with Gasteiger partial charge in [0.25, 0.3) is 0 Å². The van der Waals surface area contributed by atoms with Crippen molar-refractivity contribution in [3.8, 4) is 0 Å². The largest absolute Gasteiger partial charge is 0.359 e. The van der Waals surface area contributed by atoms with Crippen molar-refractivity contribution in [3.05, 3.63) is 30.0 Å². The van der Waals surface area contributed by atoms with E-state index in [0.29, 0.717) is 24.3 Å². The fraction of sp³-hybridized carbons (Fsp3) is 0.526. The number of rotatable bonds is 4. The number of H-pyrrole nitrogens is 1. The maximum atomic E-state index is 12.8. The van der Waals surface area contributed by atoms with E-state index in [9.17, 15) is 13.2 Å². The number of anilines is 1. The number of hydrogen-bond donors (Lipinski definition) is 2. The smallest absolute Gasteiger partial charge is 0.233 e. The zero-order valence-electron chi connectivity index (χ0n) is 14.8. The summed E-state index contributed by atoms with van der Waals surface area (Å²) >= 11 is 0. The predicted molar refractivity (Wildman–Crippen MR) is 98.9 cm³/mol. The van der Waals surface area contributed by atoms with Crippen LogP contribution in [0, 0.1) is 30.1 Å². The van der Waals surface area contributed by atoms with Crippen LogP contribution < -0.4 is 4.72 Å². The molecule has 2 aliphatic rings. The quantitative estimate of drug-likeness (QED) is 0.876. The second-order valence-electron chi connectivity index (χ2n) is 8.25. The molecule has 25 heavy (non-hydrogen) atoms. The van der Waals surface area contributed by atoms with E-state index in [1.54, 1.807) is 6.07 Å². The Hall–Kier alpha value is -1.82. The molecule has 2 aliphatic carbocycles. The minimum Gasteiger partial charge on any atom is -0.359 e. The third-order valence-corrected chi connectivity index (χ3v) is 7.67. The van der Waals surface area contributed by atoms with Gasteiger partial charge in [-0.3, -0.25) is 9.52 Å². The Balaban J connectivity index is 1.56. The number of ketones is 1. The first-order chi connectivity index (χ1) is 11.7. The molecule has 1 aromatic heterocycles. The fourth-order valence-electron chi connectivity index (χ4n) is 5.03. The number of hydrogen-bond acceptors (Lipinski definition) is 3.